The predicted molar refractivity (Wildman–Crippen MR) is 83.5 cm³/mol. The van der Waals surface area contributed by atoms with E-state index < -0.39 is 0 Å². The van der Waals surface area contributed by atoms with E-state index in [-0.39, 0.29) is 0 Å². The monoisotopic (exact) mass is 271 g/mol. The van der Waals surface area contributed by atoms with Crippen LogP contribution in [0.15, 0.2) is 41.1 Å². The van der Waals surface area contributed by atoms with Gasteiger partial charge in [0.05, 0.1) is 0 Å². The van der Waals surface area contributed by atoms with Gasteiger partial charge in [-0.25, -0.2) is 0 Å². The summed E-state index contributed by atoms with van der Waals surface area (Å²) in [4.78, 5) is 0. The fourth-order valence-corrected chi connectivity index (χ4v) is 3.48. The second kappa shape index (κ2) is 6.36. The van der Waals surface area contributed by atoms with E-state index in [1.54, 1.807) is 11.3 Å². The van der Waals surface area contributed by atoms with Crippen LogP contribution in [0.5, 0.6) is 0 Å². The lowest BCUT2D eigenvalue weighted by Crippen LogP contribution is -2.30. The molecule has 1 aliphatic carbocycles. The van der Waals surface area contributed by atoms with Gasteiger partial charge in [0, 0.05) is 12.6 Å². The lowest BCUT2D eigenvalue weighted by atomic mass is 9.95. The van der Waals surface area contributed by atoms with Crippen molar-refractivity contribution in [3.63, 3.8) is 0 Å². The van der Waals surface area contributed by atoms with Crippen LogP contribution in [0.3, 0.4) is 0 Å². The minimum atomic E-state index is 0.741. The number of nitrogens with one attached hydrogen (secondary N) is 1. The first-order chi connectivity index (χ1) is 9.42. The summed E-state index contributed by atoms with van der Waals surface area (Å²) in [5.74, 6) is 0. The van der Waals surface area contributed by atoms with Crippen molar-refractivity contribution in [2.75, 3.05) is 0 Å². The highest BCUT2D eigenvalue weighted by molar-refractivity contribution is 7.08. The topological polar surface area (TPSA) is 12.0 Å². The van der Waals surface area contributed by atoms with Crippen molar-refractivity contribution in [1.82, 2.24) is 5.32 Å². The molecule has 3 rings (SSSR count). The molecule has 1 heterocycles. The maximum absolute atomic E-state index is 3.69. The number of thiophene rings is 1. The average Bonchev–Trinajstić information content (AvgIpc) is 3.01. The van der Waals surface area contributed by atoms with Gasteiger partial charge in [-0.05, 0) is 46.4 Å². The van der Waals surface area contributed by atoms with Gasteiger partial charge in [0.15, 0.2) is 0 Å². The van der Waals surface area contributed by atoms with Crippen molar-refractivity contribution in [3.8, 4) is 11.1 Å². The molecule has 1 aromatic carbocycles. The van der Waals surface area contributed by atoms with Crippen molar-refractivity contribution in [1.29, 1.82) is 0 Å². The lowest BCUT2D eigenvalue weighted by Gasteiger charge is -2.22. The molecule has 1 aromatic heterocycles. The molecule has 1 aliphatic rings. The highest BCUT2D eigenvalue weighted by Crippen LogP contribution is 2.22. The first kappa shape index (κ1) is 12.9. The Morgan fingerprint density at radius 2 is 1.74 bits per heavy atom. The fraction of sp³-hybridized carbons (Fsp3) is 0.412. The molecule has 0 saturated heterocycles. The molecule has 1 fully saturated rings. The molecular formula is C17H21NS. The molecule has 0 unspecified atom stereocenters. The molecule has 1 saturated carbocycles. The standard InChI is InChI=1S/C17H21NS/c1-2-4-17(5-3-1)18-12-14-6-8-15(9-7-14)16-10-11-19-13-16/h6-11,13,17-18H,1-5,12H2. The summed E-state index contributed by atoms with van der Waals surface area (Å²) in [6.45, 7) is 1.01. The molecule has 0 aliphatic heterocycles. The summed E-state index contributed by atoms with van der Waals surface area (Å²) in [7, 11) is 0. The van der Waals surface area contributed by atoms with Gasteiger partial charge in [-0.15, -0.1) is 0 Å². The Labute approximate surface area is 119 Å². The quantitative estimate of drug-likeness (QED) is 0.839. The Morgan fingerprint density at radius 3 is 2.42 bits per heavy atom. The summed E-state index contributed by atoms with van der Waals surface area (Å²) in [5, 5.41) is 8.03. The Balaban J connectivity index is 1.57. The minimum absolute atomic E-state index is 0.741. The Bertz CT molecular complexity index is 480. The molecule has 1 N–H and O–H groups in total. The first-order valence-electron chi connectivity index (χ1n) is 7.27. The van der Waals surface area contributed by atoms with Crippen LogP contribution in [-0.4, -0.2) is 6.04 Å². The van der Waals surface area contributed by atoms with Gasteiger partial charge in [0.2, 0.25) is 0 Å². The fourth-order valence-electron chi connectivity index (χ4n) is 2.81. The zero-order chi connectivity index (χ0) is 12.9. The summed E-state index contributed by atoms with van der Waals surface area (Å²) < 4.78 is 0. The molecule has 0 bridgehead atoms. The van der Waals surface area contributed by atoms with Gasteiger partial charge in [-0.3, -0.25) is 0 Å². The SMILES string of the molecule is c1cc(-c2ccc(CNC3CCCCC3)cc2)cs1. The van der Waals surface area contributed by atoms with E-state index in [1.807, 2.05) is 0 Å². The smallest absolute Gasteiger partial charge is 0.0208 e. The summed E-state index contributed by atoms with van der Waals surface area (Å²) in [5.41, 5.74) is 4.05. The van der Waals surface area contributed by atoms with E-state index in [0.29, 0.717) is 0 Å². The molecule has 1 nitrogen and oxygen atoms in total. The van der Waals surface area contributed by atoms with Crippen LogP contribution >= 0.6 is 11.3 Å². The van der Waals surface area contributed by atoms with E-state index in [4.69, 9.17) is 0 Å². The number of hydrogen-bond donors (Lipinski definition) is 1. The summed E-state index contributed by atoms with van der Waals surface area (Å²) in [6.07, 6.45) is 6.93. The normalized spacial score (nSPS) is 16.6. The van der Waals surface area contributed by atoms with Crippen molar-refractivity contribution >= 4 is 11.3 Å². The number of benzene rings is 1. The van der Waals surface area contributed by atoms with Crippen LogP contribution in [-0.2, 0) is 6.54 Å². The Hall–Kier alpha value is -1.12. The van der Waals surface area contributed by atoms with Gasteiger partial charge in [-0.2, -0.15) is 11.3 Å². The van der Waals surface area contributed by atoms with E-state index in [9.17, 15) is 0 Å². The predicted octanol–water partition coefficient (Wildman–Crippen LogP) is 4.84. The maximum atomic E-state index is 3.69. The zero-order valence-electron chi connectivity index (χ0n) is 11.3. The molecular weight excluding hydrogens is 250 g/mol. The summed E-state index contributed by atoms with van der Waals surface area (Å²) >= 11 is 1.76. The molecule has 0 amide bonds. The van der Waals surface area contributed by atoms with Crippen molar-refractivity contribution in [2.45, 2.75) is 44.7 Å². The molecule has 2 heteroatoms. The second-order valence-corrected chi connectivity index (χ2v) is 6.20. The van der Waals surface area contributed by atoms with Crippen LogP contribution < -0.4 is 5.32 Å². The van der Waals surface area contributed by atoms with Gasteiger partial charge in [0.25, 0.3) is 0 Å². The van der Waals surface area contributed by atoms with Gasteiger partial charge >= 0.3 is 0 Å². The maximum Gasteiger partial charge on any atom is 0.0208 e. The van der Waals surface area contributed by atoms with Crippen LogP contribution in [0, 0.1) is 0 Å². The minimum Gasteiger partial charge on any atom is -0.310 e. The molecule has 2 aromatic rings. The van der Waals surface area contributed by atoms with E-state index in [0.717, 1.165) is 12.6 Å². The zero-order valence-corrected chi connectivity index (χ0v) is 12.1. The van der Waals surface area contributed by atoms with E-state index in [2.05, 4.69) is 46.4 Å². The van der Waals surface area contributed by atoms with Gasteiger partial charge < -0.3 is 5.32 Å². The Kier molecular flexibility index (Phi) is 4.31. The number of hydrogen-bond acceptors (Lipinski definition) is 2. The van der Waals surface area contributed by atoms with Crippen molar-refractivity contribution < 1.29 is 0 Å². The average molecular weight is 271 g/mol. The van der Waals surface area contributed by atoms with Crippen LogP contribution in [0.4, 0.5) is 0 Å². The molecule has 19 heavy (non-hydrogen) atoms. The third kappa shape index (κ3) is 3.46. The van der Waals surface area contributed by atoms with E-state index >= 15 is 0 Å². The highest BCUT2D eigenvalue weighted by atomic mass is 32.1. The van der Waals surface area contributed by atoms with Crippen LogP contribution in [0.25, 0.3) is 11.1 Å². The molecule has 100 valence electrons. The number of rotatable bonds is 4. The van der Waals surface area contributed by atoms with Crippen LogP contribution in [0.1, 0.15) is 37.7 Å². The van der Waals surface area contributed by atoms with Gasteiger partial charge in [0.1, 0.15) is 0 Å². The Morgan fingerprint density at radius 1 is 0.947 bits per heavy atom. The molecule has 0 radical (unpaired) electrons. The van der Waals surface area contributed by atoms with E-state index in [1.165, 1.54) is 48.8 Å². The first-order valence-corrected chi connectivity index (χ1v) is 8.21. The largest absolute Gasteiger partial charge is 0.310 e. The van der Waals surface area contributed by atoms with Gasteiger partial charge in [-0.1, -0.05) is 43.5 Å². The lowest BCUT2D eigenvalue weighted by molar-refractivity contribution is 0.372. The van der Waals surface area contributed by atoms with Crippen molar-refractivity contribution in [2.24, 2.45) is 0 Å². The second-order valence-electron chi connectivity index (χ2n) is 5.42. The third-order valence-corrected chi connectivity index (χ3v) is 4.69. The summed E-state index contributed by atoms with van der Waals surface area (Å²) in [6, 6.07) is 11.9. The van der Waals surface area contributed by atoms with Crippen molar-refractivity contribution in [3.05, 3.63) is 46.7 Å². The van der Waals surface area contributed by atoms with Crippen LogP contribution in [0.2, 0.25) is 0 Å². The molecule has 0 spiro atoms. The third-order valence-electron chi connectivity index (χ3n) is 4.01. The highest BCUT2D eigenvalue weighted by Gasteiger charge is 2.12. The molecule has 0 atom stereocenters.